The molecule has 1 aliphatic rings. The quantitative estimate of drug-likeness (QED) is 0.689. The highest BCUT2D eigenvalue weighted by atomic mass is 32.2. The molecule has 152 valence electrons. The molecule has 1 heterocycles. The van der Waals surface area contributed by atoms with E-state index in [9.17, 15) is 13.8 Å². The van der Waals surface area contributed by atoms with E-state index in [4.69, 9.17) is 0 Å². The molecule has 4 rings (SSSR count). The lowest BCUT2D eigenvalue weighted by molar-refractivity contribution is -0.116. The molecule has 0 fully saturated rings. The number of carbonyl (C=O) groups is 2. The number of fused-ring (bicyclic) bond motifs is 1. The van der Waals surface area contributed by atoms with Crippen molar-refractivity contribution in [2.24, 2.45) is 0 Å². The summed E-state index contributed by atoms with van der Waals surface area (Å²) in [5, 5.41) is 2.90. The third kappa shape index (κ3) is 4.33. The smallest absolute Gasteiger partial charge is 0.251 e. The first-order valence-electron chi connectivity index (χ1n) is 9.72. The number of anilines is 1. The Hall–Kier alpha value is -3.25. The average molecular weight is 419 g/mol. The average Bonchev–Trinajstić information content (AvgIpc) is 2.76. The van der Waals surface area contributed by atoms with Crippen LogP contribution in [0.3, 0.4) is 0 Å². The molecular formula is C24H22N2O3S. The van der Waals surface area contributed by atoms with Crippen LogP contribution in [0.15, 0.2) is 77.7 Å². The number of carbonyl (C=O) groups excluding carboxylic acids is 2. The predicted octanol–water partition coefficient (Wildman–Crippen LogP) is 3.58. The summed E-state index contributed by atoms with van der Waals surface area (Å²) < 4.78 is 12.5. The van der Waals surface area contributed by atoms with Crippen LogP contribution in [-0.2, 0) is 28.7 Å². The summed E-state index contributed by atoms with van der Waals surface area (Å²) in [6.07, 6.45) is 0. The Morgan fingerprint density at radius 2 is 1.73 bits per heavy atom. The van der Waals surface area contributed by atoms with Gasteiger partial charge in [0.05, 0.1) is 27.9 Å². The zero-order valence-corrected chi connectivity index (χ0v) is 17.4. The number of benzene rings is 3. The van der Waals surface area contributed by atoms with E-state index >= 15 is 0 Å². The first-order valence-corrected chi connectivity index (χ1v) is 11.0. The van der Waals surface area contributed by atoms with Crippen molar-refractivity contribution in [2.45, 2.75) is 24.9 Å². The van der Waals surface area contributed by atoms with Gasteiger partial charge in [0.25, 0.3) is 5.91 Å². The van der Waals surface area contributed by atoms with Gasteiger partial charge in [0.2, 0.25) is 5.91 Å². The Bertz CT molecular complexity index is 1110. The molecule has 5 nitrogen and oxygen atoms in total. The lowest BCUT2D eigenvalue weighted by atomic mass is 10.1. The number of amides is 2. The molecule has 0 saturated heterocycles. The van der Waals surface area contributed by atoms with E-state index in [1.54, 1.807) is 23.1 Å². The molecule has 0 bridgehead atoms. The van der Waals surface area contributed by atoms with E-state index in [0.717, 1.165) is 16.7 Å². The van der Waals surface area contributed by atoms with E-state index < -0.39 is 10.8 Å². The number of rotatable bonds is 5. The highest BCUT2D eigenvalue weighted by Crippen LogP contribution is 2.31. The first kappa shape index (κ1) is 20.0. The molecule has 3 aromatic rings. The van der Waals surface area contributed by atoms with Gasteiger partial charge in [-0.1, -0.05) is 60.2 Å². The summed E-state index contributed by atoms with van der Waals surface area (Å²) in [7, 11) is -1.41. The maximum Gasteiger partial charge on any atom is 0.251 e. The monoisotopic (exact) mass is 418 g/mol. The fourth-order valence-corrected chi connectivity index (χ4v) is 4.55. The number of hydrogen-bond acceptors (Lipinski definition) is 3. The molecule has 0 saturated carbocycles. The van der Waals surface area contributed by atoms with Crippen molar-refractivity contribution < 1.29 is 13.8 Å². The Morgan fingerprint density at radius 3 is 2.47 bits per heavy atom. The van der Waals surface area contributed by atoms with Crippen LogP contribution in [0.5, 0.6) is 0 Å². The van der Waals surface area contributed by atoms with Gasteiger partial charge in [-0.3, -0.25) is 13.8 Å². The van der Waals surface area contributed by atoms with E-state index in [-0.39, 0.29) is 17.6 Å². The van der Waals surface area contributed by atoms with Gasteiger partial charge >= 0.3 is 0 Å². The van der Waals surface area contributed by atoms with Gasteiger partial charge in [0, 0.05) is 12.1 Å². The van der Waals surface area contributed by atoms with Crippen LogP contribution in [0.4, 0.5) is 5.69 Å². The number of hydrogen-bond donors (Lipinski definition) is 1. The summed E-state index contributed by atoms with van der Waals surface area (Å²) in [5.74, 6) is -0.484. The molecular weight excluding hydrogens is 396 g/mol. The van der Waals surface area contributed by atoms with Gasteiger partial charge in [-0.05, 0) is 36.2 Å². The van der Waals surface area contributed by atoms with Crippen LogP contribution in [0.2, 0.25) is 0 Å². The third-order valence-corrected chi connectivity index (χ3v) is 6.41. The maximum atomic E-state index is 12.7. The highest BCUT2D eigenvalue weighted by molar-refractivity contribution is 7.86. The molecule has 30 heavy (non-hydrogen) atoms. The van der Waals surface area contributed by atoms with Crippen LogP contribution in [0.25, 0.3) is 0 Å². The summed E-state index contributed by atoms with van der Waals surface area (Å²) in [6, 6.07) is 22.6. The molecule has 2 amide bonds. The molecule has 1 atom stereocenters. The van der Waals surface area contributed by atoms with Crippen molar-refractivity contribution in [3.63, 3.8) is 0 Å². The van der Waals surface area contributed by atoms with E-state index in [2.05, 4.69) is 5.32 Å². The van der Waals surface area contributed by atoms with Crippen LogP contribution >= 0.6 is 0 Å². The normalized spacial score (nSPS) is 15.6. The molecule has 3 aromatic carbocycles. The standard InChI is InChI=1S/C24H22N2O3S/c1-17-7-9-19(10-8-17)15-26-21-13-20(11-12-22(21)30(29)16-23(26)27)24(28)25-14-18-5-3-2-4-6-18/h2-13H,14-16H2,1H3,(H,25,28)/t30-/m0/s1. The minimum atomic E-state index is -1.41. The van der Waals surface area contributed by atoms with Crippen LogP contribution in [0, 0.1) is 6.92 Å². The second-order valence-electron chi connectivity index (χ2n) is 7.31. The van der Waals surface area contributed by atoms with Gasteiger partial charge in [0.1, 0.15) is 5.75 Å². The Kier molecular flexibility index (Phi) is 5.77. The minimum Gasteiger partial charge on any atom is -0.348 e. The highest BCUT2D eigenvalue weighted by Gasteiger charge is 2.30. The van der Waals surface area contributed by atoms with E-state index in [1.165, 1.54) is 0 Å². The summed E-state index contributed by atoms with van der Waals surface area (Å²) in [4.78, 5) is 27.5. The zero-order chi connectivity index (χ0) is 21.1. The summed E-state index contributed by atoms with van der Waals surface area (Å²) in [5.41, 5.74) is 4.10. The maximum absolute atomic E-state index is 12.7. The van der Waals surface area contributed by atoms with E-state index in [1.807, 2.05) is 61.5 Å². The SMILES string of the molecule is Cc1ccc(CN2C(=O)C[S@](=O)c3ccc(C(=O)NCc4ccccc4)cc32)cc1. The van der Waals surface area contributed by atoms with Crippen molar-refractivity contribution in [3.8, 4) is 0 Å². The lowest BCUT2D eigenvalue weighted by Crippen LogP contribution is -2.38. The van der Waals surface area contributed by atoms with Crippen molar-refractivity contribution in [1.29, 1.82) is 0 Å². The lowest BCUT2D eigenvalue weighted by Gasteiger charge is -2.29. The zero-order valence-electron chi connectivity index (χ0n) is 16.6. The van der Waals surface area contributed by atoms with Crippen molar-refractivity contribution in [3.05, 3.63) is 95.1 Å². The molecule has 0 aliphatic carbocycles. The van der Waals surface area contributed by atoms with Crippen LogP contribution in [-0.4, -0.2) is 21.8 Å². The van der Waals surface area contributed by atoms with Crippen molar-refractivity contribution in [2.75, 3.05) is 10.7 Å². The minimum absolute atomic E-state index is 0.0432. The second-order valence-corrected chi connectivity index (χ2v) is 8.73. The number of nitrogens with one attached hydrogen (secondary N) is 1. The Morgan fingerprint density at radius 1 is 1.00 bits per heavy atom. The molecule has 1 N–H and O–H groups in total. The molecule has 1 aliphatic heterocycles. The molecule has 0 spiro atoms. The van der Waals surface area contributed by atoms with Gasteiger partial charge in [-0.2, -0.15) is 0 Å². The van der Waals surface area contributed by atoms with Crippen molar-refractivity contribution in [1.82, 2.24) is 5.32 Å². The van der Waals surface area contributed by atoms with Gasteiger partial charge in [-0.15, -0.1) is 0 Å². The largest absolute Gasteiger partial charge is 0.348 e. The third-order valence-electron chi connectivity index (χ3n) is 5.07. The number of nitrogens with zero attached hydrogens (tertiary/aromatic N) is 1. The topological polar surface area (TPSA) is 66.5 Å². The molecule has 6 heteroatoms. The first-order chi connectivity index (χ1) is 14.5. The van der Waals surface area contributed by atoms with Gasteiger partial charge in [-0.25, -0.2) is 0 Å². The van der Waals surface area contributed by atoms with Crippen LogP contribution < -0.4 is 10.2 Å². The van der Waals surface area contributed by atoms with Crippen molar-refractivity contribution >= 4 is 28.3 Å². The molecule has 0 unspecified atom stereocenters. The summed E-state index contributed by atoms with van der Waals surface area (Å²) >= 11 is 0. The van der Waals surface area contributed by atoms with Gasteiger partial charge < -0.3 is 10.2 Å². The summed E-state index contributed by atoms with van der Waals surface area (Å²) in [6.45, 7) is 2.79. The number of aryl methyl sites for hydroxylation is 1. The molecule has 0 aromatic heterocycles. The van der Waals surface area contributed by atoms with Gasteiger partial charge in [0.15, 0.2) is 0 Å². The fourth-order valence-electron chi connectivity index (χ4n) is 3.39. The fraction of sp³-hybridized carbons (Fsp3) is 0.167. The second kappa shape index (κ2) is 8.63. The molecule has 0 radical (unpaired) electrons. The Balaban J connectivity index is 1.59. The predicted molar refractivity (Wildman–Crippen MR) is 118 cm³/mol. The Labute approximate surface area is 178 Å². The van der Waals surface area contributed by atoms with E-state index in [0.29, 0.717) is 29.2 Å². The van der Waals surface area contributed by atoms with Crippen LogP contribution in [0.1, 0.15) is 27.0 Å².